The van der Waals surface area contributed by atoms with Crippen molar-refractivity contribution >= 4 is 13.8 Å². The van der Waals surface area contributed by atoms with Gasteiger partial charge < -0.3 is 28.3 Å². The van der Waals surface area contributed by atoms with Gasteiger partial charge in [0.1, 0.15) is 25.9 Å². The molecule has 0 rings (SSSR count). The van der Waals surface area contributed by atoms with E-state index in [9.17, 15) is 19.4 Å². The molecule has 0 saturated heterocycles. The van der Waals surface area contributed by atoms with Gasteiger partial charge in [0.2, 0.25) is 0 Å². The van der Waals surface area contributed by atoms with Crippen molar-refractivity contribution in [2.75, 3.05) is 47.5 Å². The molecule has 0 heterocycles. The van der Waals surface area contributed by atoms with E-state index in [1.165, 1.54) is 103 Å². The van der Waals surface area contributed by atoms with Crippen LogP contribution in [0.2, 0.25) is 0 Å². The van der Waals surface area contributed by atoms with Crippen LogP contribution in [0.3, 0.4) is 0 Å². The average Bonchev–Trinajstić information content (AvgIpc) is 2.86. The number of hydrogen-bond acceptors (Lipinski definition) is 7. The third-order valence-electron chi connectivity index (χ3n) is 6.91. The maximum Gasteiger partial charge on any atom is 0.305 e. The standard InChI is InChI=1S/C30H62NO7P/c1-5-6-7-8-9-10-11-12-13-14-15-16-17-18-19-20-21-22-23-24-30(33)36-28-29(27-32)38-39(34,35)37-26-25-31(2,3)4/h29,32H,5-28H2,1-4H3/t29-/m0/s1. The second-order valence-electron chi connectivity index (χ2n) is 12.0. The second kappa shape index (κ2) is 25.2. The predicted molar refractivity (Wildman–Crippen MR) is 157 cm³/mol. The zero-order chi connectivity index (χ0) is 29.2. The lowest BCUT2D eigenvalue weighted by atomic mass is 10.0. The first-order chi connectivity index (χ1) is 18.6. The van der Waals surface area contributed by atoms with Gasteiger partial charge in [-0.3, -0.25) is 9.36 Å². The van der Waals surface area contributed by atoms with Gasteiger partial charge in [-0.25, -0.2) is 0 Å². The molecule has 0 aliphatic heterocycles. The number of quaternary nitrogens is 1. The Hall–Kier alpha value is -0.500. The van der Waals surface area contributed by atoms with Crippen molar-refractivity contribution < 1.29 is 37.6 Å². The van der Waals surface area contributed by atoms with Crippen molar-refractivity contribution in [2.45, 2.75) is 141 Å². The molecule has 0 aromatic heterocycles. The lowest BCUT2D eigenvalue weighted by molar-refractivity contribution is -0.870. The van der Waals surface area contributed by atoms with Crippen molar-refractivity contribution in [3.63, 3.8) is 0 Å². The van der Waals surface area contributed by atoms with Gasteiger partial charge in [-0.15, -0.1) is 0 Å². The van der Waals surface area contributed by atoms with Crippen molar-refractivity contribution in [1.82, 2.24) is 0 Å². The summed E-state index contributed by atoms with van der Waals surface area (Å²) in [6, 6.07) is 0. The molecule has 0 saturated carbocycles. The van der Waals surface area contributed by atoms with Gasteiger partial charge in [-0.2, -0.15) is 0 Å². The average molecular weight is 580 g/mol. The van der Waals surface area contributed by atoms with E-state index in [0.29, 0.717) is 11.0 Å². The normalized spacial score (nSPS) is 14.3. The first-order valence-electron chi connectivity index (χ1n) is 15.8. The summed E-state index contributed by atoms with van der Waals surface area (Å²) in [6.07, 6.45) is 23.8. The molecule has 39 heavy (non-hydrogen) atoms. The fraction of sp³-hybridized carbons (Fsp3) is 0.967. The number of aliphatic hydroxyl groups excluding tert-OH is 1. The number of phosphoric acid groups is 1. The number of carbonyl (C=O) groups excluding carboxylic acids is 1. The summed E-state index contributed by atoms with van der Waals surface area (Å²) in [5.74, 6) is -0.407. The van der Waals surface area contributed by atoms with Gasteiger partial charge in [-0.05, 0) is 6.42 Å². The molecule has 1 unspecified atom stereocenters. The summed E-state index contributed by atoms with van der Waals surface area (Å²) in [4.78, 5) is 23.9. The Morgan fingerprint density at radius 1 is 0.769 bits per heavy atom. The summed E-state index contributed by atoms with van der Waals surface area (Å²) in [5, 5.41) is 9.37. The molecule has 0 aliphatic rings. The quantitative estimate of drug-likeness (QED) is 0.0444. The molecule has 0 amide bonds. The molecular formula is C30H62NO7P. The van der Waals surface area contributed by atoms with Gasteiger partial charge in [0.05, 0.1) is 27.7 Å². The first-order valence-corrected chi connectivity index (χ1v) is 17.3. The number of aliphatic hydroxyl groups is 1. The minimum absolute atomic E-state index is 0.0262. The maximum atomic E-state index is 12.0. The molecule has 234 valence electrons. The van der Waals surface area contributed by atoms with Crippen molar-refractivity contribution in [3.8, 4) is 0 Å². The Balaban J connectivity index is 3.55. The number of hydrogen-bond donors (Lipinski definition) is 1. The van der Waals surface area contributed by atoms with E-state index in [1.807, 2.05) is 21.1 Å². The SMILES string of the molecule is CCCCCCCCCCCCCCCCCCCCCC(=O)OC[C@H](CO)OP(=O)([O-])OCC[N+](C)(C)C. The van der Waals surface area contributed by atoms with Crippen molar-refractivity contribution in [1.29, 1.82) is 0 Å². The lowest BCUT2D eigenvalue weighted by Crippen LogP contribution is -2.38. The summed E-state index contributed by atoms with van der Waals surface area (Å²) in [6.45, 7) is 1.82. The lowest BCUT2D eigenvalue weighted by Gasteiger charge is -2.29. The highest BCUT2D eigenvalue weighted by Crippen LogP contribution is 2.39. The van der Waals surface area contributed by atoms with E-state index < -0.39 is 26.5 Å². The van der Waals surface area contributed by atoms with Crippen LogP contribution in [0.4, 0.5) is 0 Å². The van der Waals surface area contributed by atoms with E-state index >= 15 is 0 Å². The van der Waals surface area contributed by atoms with E-state index in [1.54, 1.807) is 0 Å². The predicted octanol–water partition coefficient (Wildman–Crippen LogP) is 6.92. The van der Waals surface area contributed by atoms with Gasteiger partial charge in [0.15, 0.2) is 0 Å². The third kappa shape index (κ3) is 28.8. The summed E-state index contributed by atoms with van der Waals surface area (Å²) in [7, 11) is 1.16. The second-order valence-corrected chi connectivity index (χ2v) is 13.4. The molecule has 9 heteroatoms. The third-order valence-corrected chi connectivity index (χ3v) is 7.96. The Kier molecular flexibility index (Phi) is 24.9. The zero-order valence-electron chi connectivity index (χ0n) is 25.8. The van der Waals surface area contributed by atoms with Crippen LogP contribution in [0.15, 0.2) is 0 Å². The van der Waals surface area contributed by atoms with Crippen LogP contribution in [0, 0.1) is 0 Å². The Morgan fingerprint density at radius 3 is 1.56 bits per heavy atom. The van der Waals surface area contributed by atoms with Gasteiger partial charge in [-0.1, -0.05) is 122 Å². The molecule has 1 N–H and O–H groups in total. The zero-order valence-corrected chi connectivity index (χ0v) is 26.7. The van der Waals surface area contributed by atoms with Crippen LogP contribution in [-0.4, -0.2) is 69.2 Å². The smallest absolute Gasteiger partial charge is 0.305 e. The fourth-order valence-electron chi connectivity index (χ4n) is 4.36. The number of esters is 1. The van der Waals surface area contributed by atoms with Gasteiger partial charge >= 0.3 is 5.97 Å². The van der Waals surface area contributed by atoms with Crippen LogP contribution in [0.1, 0.15) is 135 Å². The molecule has 0 aromatic rings. The van der Waals surface area contributed by atoms with Crippen LogP contribution >= 0.6 is 7.82 Å². The molecular weight excluding hydrogens is 517 g/mol. The Bertz CT molecular complexity index is 613. The fourth-order valence-corrected chi connectivity index (χ4v) is 5.22. The minimum atomic E-state index is -4.58. The van der Waals surface area contributed by atoms with Gasteiger partial charge in [0.25, 0.3) is 7.82 Å². The largest absolute Gasteiger partial charge is 0.756 e. The number of unbranched alkanes of at least 4 members (excludes halogenated alkanes) is 18. The van der Waals surface area contributed by atoms with Crippen molar-refractivity contribution in [3.05, 3.63) is 0 Å². The van der Waals surface area contributed by atoms with Crippen LogP contribution in [0.25, 0.3) is 0 Å². The summed E-state index contributed by atoms with van der Waals surface area (Å²) >= 11 is 0. The Labute approximate surface area is 240 Å². The number of phosphoric ester groups is 1. The molecule has 0 radical (unpaired) electrons. The van der Waals surface area contributed by atoms with Crippen LogP contribution < -0.4 is 4.89 Å². The van der Waals surface area contributed by atoms with E-state index in [4.69, 9.17) is 13.8 Å². The van der Waals surface area contributed by atoms with Crippen LogP contribution in [-0.2, 0) is 23.1 Å². The molecule has 0 bridgehead atoms. The monoisotopic (exact) mass is 579 g/mol. The summed E-state index contributed by atoms with van der Waals surface area (Å²) in [5.41, 5.74) is 0. The number of ether oxygens (including phenoxy) is 1. The molecule has 0 aliphatic carbocycles. The number of nitrogens with zero attached hydrogens (tertiary/aromatic N) is 1. The Morgan fingerprint density at radius 2 is 1.18 bits per heavy atom. The number of likely N-dealkylation sites (N-methyl/N-ethyl adjacent to an activating group) is 1. The highest BCUT2D eigenvalue weighted by molar-refractivity contribution is 7.45. The van der Waals surface area contributed by atoms with Crippen LogP contribution in [0.5, 0.6) is 0 Å². The van der Waals surface area contributed by atoms with E-state index in [0.717, 1.165) is 19.3 Å². The minimum Gasteiger partial charge on any atom is -0.756 e. The summed E-state index contributed by atoms with van der Waals surface area (Å²) < 4.78 is 27.2. The molecule has 0 aromatic carbocycles. The number of rotatable bonds is 29. The highest BCUT2D eigenvalue weighted by atomic mass is 31.2. The number of carbonyl (C=O) groups is 1. The molecule has 8 nitrogen and oxygen atoms in total. The van der Waals surface area contributed by atoms with Gasteiger partial charge in [0, 0.05) is 6.42 Å². The highest BCUT2D eigenvalue weighted by Gasteiger charge is 2.20. The molecule has 0 spiro atoms. The maximum absolute atomic E-state index is 12.0. The molecule has 2 atom stereocenters. The van der Waals surface area contributed by atoms with E-state index in [2.05, 4.69) is 6.92 Å². The first kappa shape index (κ1) is 38.5. The van der Waals surface area contributed by atoms with Crippen molar-refractivity contribution in [2.24, 2.45) is 0 Å². The topological polar surface area (TPSA) is 105 Å². The van der Waals surface area contributed by atoms with E-state index in [-0.39, 0.29) is 19.6 Å². The molecule has 0 fully saturated rings.